The molecule has 1 aliphatic rings. The number of rotatable bonds is 6. The lowest BCUT2D eigenvalue weighted by Gasteiger charge is -2.17. The van der Waals surface area contributed by atoms with Crippen LogP contribution in [0.1, 0.15) is 12.0 Å². The van der Waals surface area contributed by atoms with E-state index in [9.17, 15) is 4.39 Å². The van der Waals surface area contributed by atoms with Crippen LogP contribution >= 0.6 is 0 Å². The van der Waals surface area contributed by atoms with Crippen LogP contribution in [0.2, 0.25) is 0 Å². The van der Waals surface area contributed by atoms with Crippen LogP contribution in [0.25, 0.3) is 0 Å². The van der Waals surface area contributed by atoms with Gasteiger partial charge in [-0.2, -0.15) is 0 Å². The van der Waals surface area contributed by atoms with Gasteiger partial charge < -0.3 is 15.1 Å². The highest BCUT2D eigenvalue weighted by Gasteiger charge is 2.06. The maximum absolute atomic E-state index is 12.9. The van der Waals surface area contributed by atoms with E-state index in [1.165, 1.54) is 6.07 Å². The third-order valence-corrected chi connectivity index (χ3v) is 2.95. The van der Waals surface area contributed by atoms with Gasteiger partial charge in [0.1, 0.15) is 5.82 Å². The summed E-state index contributed by atoms with van der Waals surface area (Å²) in [5, 5.41) is 3.33. The van der Waals surface area contributed by atoms with Gasteiger partial charge in [-0.05, 0) is 30.7 Å². The predicted molar refractivity (Wildman–Crippen MR) is 71.2 cm³/mol. The summed E-state index contributed by atoms with van der Waals surface area (Å²) in [4.78, 5) is 4.43. The van der Waals surface area contributed by atoms with Crippen molar-refractivity contribution in [3.63, 3.8) is 0 Å². The highest BCUT2D eigenvalue weighted by molar-refractivity contribution is 5.15. The molecule has 1 aliphatic heterocycles. The summed E-state index contributed by atoms with van der Waals surface area (Å²) in [6.45, 7) is 3.71. The maximum Gasteiger partial charge on any atom is 0.123 e. The Morgan fingerprint density at radius 1 is 1.33 bits per heavy atom. The number of halogens is 1. The molecule has 0 aliphatic carbocycles. The van der Waals surface area contributed by atoms with Crippen LogP contribution in [0.15, 0.2) is 36.7 Å². The summed E-state index contributed by atoms with van der Waals surface area (Å²) >= 11 is 0. The molecule has 0 spiro atoms. The first-order valence-corrected chi connectivity index (χ1v) is 6.32. The van der Waals surface area contributed by atoms with Crippen LogP contribution in [0, 0.1) is 5.82 Å². The highest BCUT2D eigenvalue weighted by atomic mass is 19.1. The molecule has 18 heavy (non-hydrogen) atoms. The fourth-order valence-corrected chi connectivity index (χ4v) is 2.02. The number of nitrogens with one attached hydrogen (secondary N) is 1. The average molecular weight is 249 g/mol. The van der Waals surface area contributed by atoms with Crippen molar-refractivity contribution >= 4 is 0 Å². The van der Waals surface area contributed by atoms with Gasteiger partial charge in [-0.1, -0.05) is 12.1 Å². The summed E-state index contributed by atoms with van der Waals surface area (Å²) in [6.07, 6.45) is 5.29. The molecule has 1 heterocycles. The highest BCUT2D eigenvalue weighted by Crippen LogP contribution is 2.04. The van der Waals surface area contributed by atoms with E-state index < -0.39 is 0 Å². The van der Waals surface area contributed by atoms with Gasteiger partial charge in [0, 0.05) is 32.5 Å². The van der Waals surface area contributed by atoms with Crippen molar-refractivity contribution < 1.29 is 4.39 Å². The summed E-state index contributed by atoms with van der Waals surface area (Å²) in [6, 6.07) is 6.73. The molecule has 1 aromatic carbocycles. The predicted octanol–water partition coefficient (Wildman–Crippen LogP) is 1.98. The third-order valence-electron chi connectivity index (χ3n) is 2.95. The molecule has 0 bridgehead atoms. The first-order chi connectivity index (χ1) is 8.74. The second-order valence-electron chi connectivity index (χ2n) is 4.67. The standard InChI is InChI=1S/C14H20FN3/c1-17-8-9-18(12-17)7-3-6-16-11-13-4-2-5-14(15)10-13/h2,4-5,8-10,16H,3,6-7,11-12H2,1H3. The van der Waals surface area contributed by atoms with E-state index >= 15 is 0 Å². The van der Waals surface area contributed by atoms with Gasteiger partial charge in [0.25, 0.3) is 0 Å². The van der Waals surface area contributed by atoms with Gasteiger partial charge in [0.05, 0.1) is 6.67 Å². The Bertz CT molecular complexity index is 406. The largest absolute Gasteiger partial charge is 0.362 e. The van der Waals surface area contributed by atoms with Crippen molar-refractivity contribution in [1.82, 2.24) is 15.1 Å². The third kappa shape index (κ3) is 4.04. The minimum absolute atomic E-state index is 0.167. The van der Waals surface area contributed by atoms with Crippen LogP contribution in [0.3, 0.4) is 0 Å². The molecular formula is C14H20FN3. The van der Waals surface area contributed by atoms with E-state index in [0.29, 0.717) is 0 Å². The average Bonchev–Trinajstić information content (AvgIpc) is 2.75. The maximum atomic E-state index is 12.9. The molecular weight excluding hydrogens is 229 g/mol. The smallest absolute Gasteiger partial charge is 0.123 e. The lowest BCUT2D eigenvalue weighted by molar-refractivity contribution is 0.292. The topological polar surface area (TPSA) is 18.5 Å². The second-order valence-corrected chi connectivity index (χ2v) is 4.67. The van der Waals surface area contributed by atoms with Crippen molar-refractivity contribution in [2.45, 2.75) is 13.0 Å². The zero-order chi connectivity index (χ0) is 12.8. The number of nitrogens with zero attached hydrogens (tertiary/aromatic N) is 2. The minimum Gasteiger partial charge on any atom is -0.362 e. The van der Waals surface area contributed by atoms with Crippen LogP contribution in [-0.4, -0.2) is 36.6 Å². The SMILES string of the molecule is CN1C=CN(CCCNCc2cccc(F)c2)C1. The Balaban J connectivity index is 1.58. The second kappa shape index (κ2) is 6.40. The van der Waals surface area contributed by atoms with Gasteiger partial charge in [0.15, 0.2) is 0 Å². The van der Waals surface area contributed by atoms with Gasteiger partial charge >= 0.3 is 0 Å². The number of hydrogen-bond acceptors (Lipinski definition) is 3. The molecule has 0 radical (unpaired) electrons. The molecule has 0 atom stereocenters. The van der Waals surface area contributed by atoms with Crippen molar-refractivity contribution in [1.29, 1.82) is 0 Å². The fraction of sp³-hybridized carbons (Fsp3) is 0.429. The van der Waals surface area contributed by atoms with Gasteiger partial charge in [-0.15, -0.1) is 0 Å². The quantitative estimate of drug-likeness (QED) is 0.778. The summed E-state index contributed by atoms with van der Waals surface area (Å²) < 4.78 is 12.9. The van der Waals surface area contributed by atoms with Crippen LogP contribution < -0.4 is 5.32 Å². The molecule has 0 saturated carbocycles. The molecule has 3 nitrogen and oxygen atoms in total. The van der Waals surface area contributed by atoms with Gasteiger partial charge in [0.2, 0.25) is 0 Å². The summed E-state index contributed by atoms with van der Waals surface area (Å²) in [5.74, 6) is -0.167. The minimum atomic E-state index is -0.167. The summed E-state index contributed by atoms with van der Waals surface area (Å²) in [5.41, 5.74) is 0.996. The lowest BCUT2D eigenvalue weighted by Crippen LogP contribution is -2.26. The molecule has 0 unspecified atom stereocenters. The Morgan fingerprint density at radius 3 is 2.94 bits per heavy atom. The van der Waals surface area contributed by atoms with Gasteiger partial charge in [-0.3, -0.25) is 0 Å². The van der Waals surface area contributed by atoms with E-state index in [-0.39, 0.29) is 5.82 Å². The first kappa shape index (κ1) is 12.9. The molecule has 1 N–H and O–H groups in total. The molecule has 0 fully saturated rings. The zero-order valence-electron chi connectivity index (χ0n) is 10.8. The van der Waals surface area contributed by atoms with E-state index in [1.54, 1.807) is 12.1 Å². The lowest BCUT2D eigenvalue weighted by atomic mass is 10.2. The van der Waals surface area contributed by atoms with Crippen LogP contribution in [-0.2, 0) is 6.54 Å². The first-order valence-electron chi connectivity index (χ1n) is 6.32. The molecule has 0 aromatic heterocycles. The van der Waals surface area contributed by atoms with Gasteiger partial charge in [-0.25, -0.2) is 4.39 Å². The van der Waals surface area contributed by atoms with E-state index in [2.05, 4.69) is 34.6 Å². The number of benzene rings is 1. The molecule has 2 rings (SSSR count). The van der Waals surface area contributed by atoms with E-state index in [4.69, 9.17) is 0 Å². The Kier molecular flexibility index (Phi) is 4.59. The van der Waals surface area contributed by atoms with Crippen molar-refractivity contribution in [2.75, 3.05) is 26.8 Å². The molecule has 0 amide bonds. The summed E-state index contributed by atoms with van der Waals surface area (Å²) in [7, 11) is 2.07. The van der Waals surface area contributed by atoms with E-state index in [0.717, 1.165) is 38.3 Å². The Labute approximate surface area is 108 Å². The molecule has 4 heteroatoms. The normalized spacial score (nSPS) is 14.6. The Hall–Kier alpha value is -1.55. The molecule has 1 aromatic rings. The zero-order valence-corrected chi connectivity index (χ0v) is 10.8. The van der Waals surface area contributed by atoms with E-state index in [1.807, 2.05) is 6.07 Å². The fourth-order valence-electron chi connectivity index (χ4n) is 2.02. The Morgan fingerprint density at radius 2 is 2.22 bits per heavy atom. The molecule has 98 valence electrons. The monoisotopic (exact) mass is 249 g/mol. The van der Waals surface area contributed by atoms with Crippen molar-refractivity contribution in [3.05, 3.63) is 48.0 Å². The van der Waals surface area contributed by atoms with Crippen molar-refractivity contribution in [3.8, 4) is 0 Å². The van der Waals surface area contributed by atoms with Crippen LogP contribution in [0.4, 0.5) is 4.39 Å². The molecule has 0 saturated heterocycles. The van der Waals surface area contributed by atoms with Crippen molar-refractivity contribution in [2.24, 2.45) is 0 Å². The number of hydrogen-bond donors (Lipinski definition) is 1. The van der Waals surface area contributed by atoms with Crippen LogP contribution in [0.5, 0.6) is 0 Å².